The monoisotopic (exact) mass is 338 g/mol. The molecular formula is C16H17F3N4O. The third kappa shape index (κ3) is 3.64. The minimum absolute atomic E-state index is 0.0156. The highest BCUT2D eigenvalue weighted by Crippen LogP contribution is 2.32. The van der Waals surface area contributed by atoms with Crippen molar-refractivity contribution in [3.8, 4) is 0 Å². The Bertz CT molecular complexity index is 733. The fourth-order valence-electron chi connectivity index (χ4n) is 2.40. The van der Waals surface area contributed by atoms with Crippen LogP contribution in [-0.2, 0) is 6.18 Å². The largest absolute Gasteiger partial charge is 0.416 e. The number of carbonyl (C=O) groups excluding carboxylic acids is 1. The summed E-state index contributed by atoms with van der Waals surface area (Å²) in [4.78, 5) is 21.7. The molecule has 0 aliphatic heterocycles. The Kier molecular flexibility index (Phi) is 5.06. The molecule has 0 saturated carbocycles. The van der Waals surface area contributed by atoms with E-state index in [0.29, 0.717) is 5.56 Å². The van der Waals surface area contributed by atoms with E-state index in [0.717, 1.165) is 12.1 Å². The highest BCUT2D eigenvalue weighted by molar-refractivity contribution is 5.96. The highest BCUT2D eigenvalue weighted by Gasteiger charge is 2.32. The van der Waals surface area contributed by atoms with Crippen LogP contribution in [0.5, 0.6) is 0 Å². The lowest BCUT2D eigenvalue weighted by molar-refractivity contribution is -0.137. The van der Waals surface area contributed by atoms with E-state index in [1.54, 1.807) is 19.9 Å². The number of hydrogen-bond donors (Lipinski definition) is 1. The van der Waals surface area contributed by atoms with Crippen LogP contribution in [0.4, 0.5) is 19.0 Å². The fourth-order valence-corrected chi connectivity index (χ4v) is 2.40. The number of nitrogens with zero attached hydrogens (tertiary/aromatic N) is 3. The van der Waals surface area contributed by atoms with Crippen LogP contribution in [0.15, 0.2) is 36.7 Å². The molecule has 5 nitrogen and oxygen atoms in total. The molecule has 0 aliphatic carbocycles. The van der Waals surface area contributed by atoms with Crippen molar-refractivity contribution in [2.75, 3.05) is 12.3 Å². The van der Waals surface area contributed by atoms with E-state index >= 15 is 0 Å². The van der Waals surface area contributed by atoms with Crippen molar-refractivity contribution in [3.63, 3.8) is 0 Å². The Morgan fingerprint density at radius 1 is 1.29 bits per heavy atom. The van der Waals surface area contributed by atoms with Crippen molar-refractivity contribution in [1.29, 1.82) is 0 Å². The fraction of sp³-hybridized carbons (Fsp3) is 0.312. The summed E-state index contributed by atoms with van der Waals surface area (Å²) in [5, 5.41) is 0. The van der Waals surface area contributed by atoms with Gasteiger partial charge >= 0.3 is 6.18 Å². The van der Waals surface area contributed by atoms with Crippen LogP contribution in [0.25, 0.3) is 0 Å². The molecule has 2 aromatic rings. The lowest BCUT2D eigenvalue weighted by Crippen LogP contribution is -2.34. The maximum atomic E-state index is 12.9. The third-order valence-corrected chi connectivity index (χ3v) is 3.69. The number of benzene rings is 1. The summed E-state index contributed by atoms with van der Waals surface area (Å²) in [6.07, 6.45) is -1.74. The number of nitrogen functional groups attached to an aromatic ring is 1. The molecule has 0 unspecified atom stereocenters. The van der Waals surface area contributed by atoms with Gasteiger partial charge in [0, 0.05) is 18.9 Å². The number of amides is 1. The Morgan fingerprint density at radius 3 is 2.54 bits per heavy atom. The smallest absolute Gasteiger partial charge is 0.382 e. The van der Waals surface area contributed by atoms with Crippen LogP contribution in [-0.4, -0.2) is 27.3 Å². The molecule has 0 aliphatic rings. The van der Waals surface area contributed by atoms with Gasteiger partial charge in [-0.05, 0) is 31.5 Å². The van der Waals surface area contributed by atoms with E-state index in [1.165, 1.54) is 23.4 Å². The molecule has 8 heteroatoms. The van der Waals surface area contributed by atoms with Crippen molar-refractivity contribution >= 4 is 11.7 Å². The molecule has 2 rings (SSSR count). The average Bonchev–Trinajstić information content (AvgIpc) is 2.55. The number of aromatic nitrogens is 2. The SMILES string of the molecule is CCN(C(=O)c1nccnc1N)[C@@H](C)c1cccc(C(F)(F)F)c1. The van der Waals surface area contributed by atoms with Crippen molar-refractivity contribution in [3.05, 3.63) is 53.5 Å². The van der Waals surface area contributed by atoms with Gasteiger partial charge < -0.3 is 10.6 Å². The molecule has 1 aromatic heterocycles. The van der Waals surface area contributed by atoms with Gasteiger partial charge in [-0.3, -0.25) is 4.79 Å². The number of nitrogens with two attached hydrogens (primary N) is 1. The van der Waals surface area contributed by atoms with Crippen LogP contribution < -0.4 is 5.73 Å². The standard InChI is InChI=1S/C16H17F3N4O/c1-3-23(15(24)13-14(20)22-8-7-21-13)10(2)11-5-4-6-12(9-11)16(17,18)19/h4-10H,3H2,1-2H3,(H2,20,22)/t10-/m0/s1. The van der Waals surface area contributed by atoms with Gasteiger partial charge in [-0.2, -0.15) is 13.2 Å². The lowest BCUT2D eigenvalue weighted by Gasteiger charge is -2.28. The van der Waals surface area contributed by atoms with Crippen LogP contribution in [0, 0.1) is 0 Å². The van der Waals surface area contributed by atoms with Gasteiger partial charge in [-0.1, -0.05) is 12.1 Å². The second-order valence-electron chi connectivity index (χ2n) is 5.18. The maximum absolute atomic E-state index is 12.9. The summed E-state index contributed by atoms with van der Waals surface area (Å²) >= 11 is 0. The van der Waals surface area contributed by atoms with Crippen molar-refractivity contribution in [1.82, 2.24) is 14.9 Å². The molecular weight excluding hydrogens is 321 g/mol. The Morgan fingerprint density at radius 2 is 1.96 bits per heavy atom. The van der Waals surface area contributed by atoms with Crippen molar-refractivity contribution < 1.29 is 18.0 Å². The molecule has 0 spiro atoms. The topological polar surface area (TPSA) is 72.1 Å². The van der Waals surface area contributed by atoms with Crippen molar-refractivity contribution in [2.24, 2.45) is 0 Å². The number of anilines is 1. The van der Waals surface area contributed by atoms with Crippen LogP contribution in [0.3, 0.4) is 0 Å². The van der Waals surface area contributed by atoms with Gasteiger partial charge in [0.05, 0.1) is 11.6 Å². The van der Waals surface area contributed by atoms with Crippen LogP contribution >= 0.6 is 0 Å². The molecule has 1 atom stereocenters. The molecule has 0 saturated heterocycles. The third-order valence-electron chi connectivity index (χ3n) is 3.69. The number of carbonyl (C=O) groups is 1. The summed E-state index contributed by atoms with van der Waals surface area (Å²) in [5.41, 5.74) is 5.27. The first-order chi connectivity index (χ1) is 11.3. The van der Waals surface area contributed by atoms with Gasteiger partial charge in [0.15, 0.2) is 11.5 Å². The number of halogens is 3. The number of alkyl halides is 3. The zero-order valence-electron chi connectivity index (χ0n) is 13.2. The van der Waals surface area contributed by atoms with Crippen LogP contribution in [0.1, 0.15) is 41.5 Å². The first-order valence-corrected chi connectivity index (χ1v) is 7.30. The second kappa shape index (κ2) is 6.86. The van der Waals surface area contributed by atoms with E-state index in [9.17, 15) is 18.0 Å². The van der Waals surface area contributed by atoms with Crippen LogP contribution in [0.2, 0.25) is 0 Å². The Labute approximate surface area is 137 Å². The zero-order valence-corrected chi connectivity index (χ0v) is 13.2. The average molecular weight is 338 g/mol. The Hall–Kier alpha value is -2.64. The minimum atomic E-state index is -4.44. The normalized spacial score (nSPS) is 12.7. The lowest BCUT2D eigenvalue weighted by atomic mass is 10.0. The minimum Gasteiger partial charge on any atom is -0.382 e. The molecule has 0 bridgehead atoms. The molecule has 24 heavy (non-hydrogen) atoms. The van der Waals surface area contributed by atoms with Gasteiger partial charge in [0.2, 0.25) is 0 Å². The van der Waals surface area contributed by atoms with E-state index in [-0.39, 0.29) is 18.1 Å². The highest BCUT2D eigenvalue weighted by atomic mass is 19.4. The molecule has 1 aromatic carbocycles. The molecule has 0 radical (unpaired) electrons. The predicted octanol–water partition coefficient (Wildman–Crippen LogP) is 3.30. The quantitative estimate of drug-likeness (QED) is 0.928. The molecule has 128 valence electrons. The first kappa shape index (κ1) is 17.7. The predicted molar refractivity (Wildman–Crippen MR) is 83.0 cm³/mol. The summed E-state index contributed by atoms with van der Waals surface area (Å²) in [5.74, 6) is -0.495. The van der Waals surface area contributed by atoms with E-state index in [1.807, 2.05) is 0 Å². The maximum Gasteiger partial charge on any atom is 0.416 e. The van der Waals surface area contributed by atoms with Crippen molar-refractivity contribution in [2.45, 2.75) is 26.1 Å². The van der Waals surface area contributed by atoms with E-state index < -0.39 is 23.7 Å². The zero-order chi connectivity index (χ0) is 17.9. The number of hydrogen-bond acceptors (Lipinski definition) is 4. The Balaban J connectivity index is 2.34. The second-order valence-corrected chi connectivity index (χ2v) is 5.18. The first-order valence-electron chi connectivity index (χ1n) is 7.30. The molecule has 1 heterocycles. The van der Waals surface area contributed by atoms with E-state index in [4.69, 9.17) is 5.73 Å². The van der Waals surface area contributed by atoms with Gasteiger partial charge in [0.25, 0.3) is 5.91 Å². The summed E-state index contributed by atoms with van der Waals surface area (Å²) in [7, 11) is 0. The summed E-state index contributed by atoms with van der Waals surface area (Å²) in [6.45, 7) is 3.67. The molecule has 2 N–H and O–H groups in total. The number of rotatable bonds is 4. The summed E-state index contributed by atoms with van der Waals surface area (Å²) < 4.78 is 38.6. The molecule has 1 amide bonds. The van der Waals surface area contributed by atoms with Gasteiger partial charge in [-0.15, -0.1) is 0 Å². The van der Waals surface area contributed by atoms with E-state index in [2.05, 4.69) is 9.97 Å². The summed E-state index contributed by atoms with van der Waals surface area (Å²) in [6, 6.07) is 4.33. The van der Waals surface area contributed by atoms with Gasteiger partial charge in [0.1, 0.15) is 0 Å². The molecule has 0 fully saturated rings. The van der Waals surface area contributed by atoms with Gasteiger partial charge in [-0.25, -0.2) is 9.97 Å².